The van der Waals surface area contributed by atoms with E-state index in [1.54, 1.807) is 36.4 Å². The van der Waals surface area contributed by atoms with Crippen LogP contribution in [0.1, 0.15) is 54.0 Å². The molecule has 1 N–H and O–H groups in total. The van der Waals surface area contributed by atoms with Gasteiger partial charge in [-0.3, -0.25) is 9.59 Å². The molecular weight excluding hydrogens is 342 g/mol. The minimum Gasteiger partial charge on any atom is -0.449 e. The third kappa shape index (κ3) is 6.06. The molecule has 0 saturated carbocycles. The van der Waals surface area contributed by atoms with Crippen LogP contribution in [0.2, 0.25) is 0 Å². The minimum atomic E-state index is -0.944. The Morgan fingerprint density at radius 1 is 0.889 bits per heavy atom. The van der Waals surface area contributed by atoms with Gasteiger partial charge >= 0.3 is 5.97 Å². The molecule has 0 saturated heterocycles. The quantitative estimate of drug-likeness (QED) is 0.586. The normalized spacial score (nSPS) is 11.7. The number of anilines is 1. The summed E-state index contributed by atoms with van der Waals surface area (Å²) in [6, 6.07) is 13.8. The zero-order chi connectivity index (χ0) is 20.0. The predicted octanol–water partition coefficient (Wildman–Crippen LogP) is 4.27. The molecular formula is C22H25NO4. The van der Waals surface area contributed by atoms with E-state index in [4.69, 9.17) is 4.74 Å². The summed E-state index contributed by atoms with van der Waals surface area (Å²) in [4.78, 5) is 35.7. The molecule has 27 heavy (non-hydrogen) atoms. The van der Waals surface area contributed by atoms with Crippen LogP contribution in [0.5, 0.6) is 0 Å². The molecule has 1 atom stereocenters. The monoisotopic (exact) mass is 367 g/mol. The standard InChI is InChI=1S/C22H25NO4/c1-14(2)13-17-5-7-19(8-6-17)22(26)27-16(4)21(25)23-20-11-9-18(10-12-20)15(3)24/h5-12,14,16H,13H2,1-4H3,(H,23,25)/t16-/m0/s1. The highest BCUT2D eigenvalue weighted by molar-refractivity contribution is 5.98. The average molecular weight is 367 g/mol. The number of ether oxygens (including phenoxy) is 1. The molecule has 2 aromatic carbocycles. The van der Waals surface area contributed by atoms with Gasteiger partial charge in [0.1, 0.15) is 0 Å². The van der Waals surface area contributed by atoms with E-state index in [2.05, 4.69) is 19.2 Å². The van der Waals surface area contributed by atoms with Crippen LogP contribution in [-0.2, 0) is 16.0 Å². The van der Waals surface area contributed by atoms with Gasteiger partial charge in [0, 0.05) is 11.3 Å². The maximum atomic E-state index is 12.2. The highest BCUT2D eigenvalue weighted by atomic mass is 16.5. The van der Waals surface area contributed by atoms with Gasteiger partial charge in [-0.25, -0.2) is 4.79 Å². The summed E-state index contributed by atoms with van der Waals surface area (Å²) < 4.78 is 5.25. The van der Waals surface area contributed by atoms with Crippen LogP contribution in [0.15, 0.2) is 48.5 Å². The summed E-state index contributed by atoms with van der Waals surface area (Å²) in [5.74, 6) is -0.485. The van der Waals surface area contributed by atoms with Crippen molar-refractivity contribution in [1.82, 2.24) is 0 Å². The van der Waals surface area contributed by atoms with Gasteiger partial charge in [0.05, 0.1) is 5.56 Å². The molecule has 0 aromatic heterocycles. The number of hydrogen-bond donors (Lipinski definition) is 1. The first-order valence-corrected chi connectivity index (χ1v) is 8.98. The van der Waals surface area contributed by atoms with Gasteiger partial charge < -0.3 is 10.1 Å². The van der Waals surface area contributed by atoms with E-state index in [0.717, 1.165) is 12.0 Å². The molecule has 0 heterocycles. The number of carbonyl (C=O) groups excluding carboxylic acids is 3. The van der Waals surface area contributed by atoms with Crippen LogP contribution in [0.25, 0.3) is 0 Å². The number of rotatable bonds is 7. The molecule has 142 valence electrons. The van der Waals surface area contributed by atoms with Crippen molar-refractivity contribution in [2.75, 3.05) is 5.32 Å². The topological polar surface area (TPSA) is 72.5 Å². The van der Waals surface area contributed by atoms with E-state index in [-0.39, 0.29) is 5.78 Å². The second-order valence-electron chi connectivity index (χ2n) is 6.97. The zero-order valence-corrected chi connectivity index (χ0v) is 16.1. The summed E-state index contributed by atoms with van der Waals surface area (Å²) >= 11 is 0. The third-order valence-corrected chi connectivity index (χ3v) is 4.05. The van der Waals surface area contributed by atoms with Gasteiger partial charge in [0.15, 0.2) is 11.9 Å². The second-order valence-corrected chi connectivity index (χ2v) is 6.97. The maximum Gasteiger partial charge on any atom is 0.338 e. The predicted molar refractivity (Wildman–Crippen MR) is 105 cm³/mol. The van der Waals surface area contributed by atoms with E-state index in [1.165, 1.54) is 13.8 Å². The van der Waals surface area contributed by atoms with Crippen molar-refractivity contribution in [1.29, 1.82) is 0 Å². The van der Waals surface area contributed by atoms with E-state index in [1.807, 2.05) is 12.1 Å². The number of carbonyl (C=O) groups is 3. The summed E-state index contributed by atoms with van der Waals surface area (Å²) in [6.45, 7) is 7.26. The van der Waals surface area contributed by atoms with E-state index < -0.39 is 18.0 Å². The Hall–Kier alpha value is -2.95. The lowest BCUT2D eigenvalue weighted by atomic mass is 10.0. The highest BCUT2D eigenvalue weighted by Crippen LogP contribution is 2.13. The fourth-order valence-corrected chi connectivity index (χ4v) is 2.56. The Bertz CT molecular complexity index is 807. The first kappa shape index (κ1) is 20.4. The van der Waals surface area contributed by atoms with E-state index in [9.17, 15) is 14.4 Å². The Labute approximate surface area is 159 Å². The lowest BCUT2D eigenvalue weighted by Crippen LogP contribution is -2.30. The fourth-order valence-electron chi connectivity index (χ4n) is 2.56. The molecule has 0 aliphatic rings. The number of Topliss-reactive ketones (excluding diaryl/α,β-unsaturated/α-hetero) is 1. The molecule has 0 unspecified atom stereocenters. The molecule has 2 rings (SSSR count). The van der Waals surface area contributed by atoms with Gasteiger partial charge in [0.2, 0.25) is 0 Å². The van der Waals surface area contributed by atoms with Crippen LogP contribution in [0.3, 0.4) is 0 Å². The Kier molecular flexibility index (Phi) is 6.88. The van der Waals surface area contributed by atoms with Gasteiger partial charge in [-0.05, 0) is 68.1 Å². The smallest absolute Gasteiger partial charge is 0.338 e. The largest absolute Gasteiger partial charge is 0.449 e. The minimum absolute atomic E-state index is 0.0467. The Morgan fingerprint density at radius 3 is 1.96 bits per heavy atom. The number of nitrogens with one attached hydrogen (secondary N) is 1. The van der Waals surface area contributed by atoms with Crippen LogP contribution >= 0.6 is 0 Å². The summed E-state index contributed by atoms with van der Waals surface area (Å²) in [7, 11) is 0. The van der Waals surface area contributed by atoms with Crippen LogP contribution in [0.4, 0.5) is 5.69 Å². The van der Waals surface area contributed by atoms with Crippen molar-refractivity contribution in [2.45, 2.75) is 40.2 Å². The number of hydrogen-bond acceptors (Lipinski definition) is 4. The molecule has 0 fully saturated rings. The second kappa shape index (κ2) is 9.12. The molecule has 5 nitrogen and oxygen atoms in total. The number of ketones is 1. The zero-order valence-electron chi connectivity index (χ0n) is 16.1. The molecule has 0 bridgehead atoms. The summed E-state index contributed by atoms with van der Waals surface area (Å²) in [5.41, 5.74) is 2.66. The van der Waals surface area contributed by atoms with Crippen LogP contribution < -0.4 is 5.32 Å². The number of amides is 1. The van der Waals surface area contributed by atoms with Crippen molar-refractivity contribution in [2.24, 2.45) is 5.92 Å². The molecule has 2 aromatic rings. The number of esters is 1. The molecule has 0 spiro atoms. The van der Waals surface area contributed by atoms with Crippen LogP contribution in [-0.4, -0.2) is 23.8 Å². The van der Waals surface area contributed by atoms with Crippen molar-refractivity contribution in [3.05, 3.63) is 65.2 Å². The van der Waals surface area contributed by atoms with Gasteiger partial charge in [-0.1, -0.05) is 26.0 Å². The van der Waals surface area contributed by atoms with Crippen LogP contribution in [0, 0.1) is 5.92 Å². The highest BCUT2D eigenvalue weighted by Gasteiger charge is 2.19. The third-order valence-electron chi connectivity index (χ3n) is 4.05. The Balaban J connectivity index is 1.92. The molecule has 0 aliphatic heterocycles. The van der Waals surface area contributed by atoms with Gasteiger partial charge in [-0.2, -0.15) is 0 Å². The van der Waals surface area contributed by atoms with Gasteiger partial charge in [0.25, 0.3) is 5.91 Å². The SMILES string of the molecule is CC(=O)c1ccc(NC(=O)[C@H](C)OC(=O)c2ccc(CC(C)C)cc2)cc1. The summed E-state index contributed by atoms with van der Waals surface area (Å²) in [5, 5.41) is 2.67. The first-order chi connectivity index (χ1) is 12.8. The Morgan fingerprint density at radius 2 is 1.44 bits per heavy atom. The average Bonchev–Trinajstić information content (AvgIpc) is 2.62. The first-order valence-electron chi connectivity index (χ1n) is 8.98. The lowest BCUT2D eigenvalue weighted by Gasteiger charge is -2.14. The van der Waals surface area contributed by atoms with Gasteiger partial charge in [-0.15, -0.1) is 0 Å². The van der Waals surface area contributed by atoms with E-state index >= 15 is 0 Å². The van der Waals surface area contributed by atoms with E-state index in [0.29, 0.717) is 22.7 Å². The van der Waals surface area contributed by atoms with Crippen molar-refractivity contribution < 1.29 is 19.1 Å². The number of benzene rings is 2. The molecule has 5 heteroatoms. The lowest BCUT2D eigenvalue weighted by molar-refractivity contribution is -0.123. The fraction of sp³-hybridized carbons (Fsp3) is 0.318. The van der Waals surface area contributed by atoms with Crippen molar-refractivity contribution >= 4 is 23.3 Å². The van der Waals surface area contributed by atoms with Crippen molar-refractivity contribution in [3.63, 3.8) is 0 Å². The maximum absolute atomic E-state index is 12.2. The molecule has 0 radical (unpaired) electrons. The van der Waals surface area contributed by atoms with Crippen molar-refractivity contribution in [3.8, 4) is 0 Å². The molecule has 0 aliphatic carbocycles. The summed E-state index contributed by atoms with van der Waals surface area (Å²) in [6.07, 6.45) is -0.00312. The molecule has 1 amide bonds.